The highest BCUT2D eigenvalue weighted by molar-refractivity contribution is 6.01. The molecule has 0 saturated carbocycles. The van der Waals surface area contributed by atoms with E-state index in [-0.39, 0.29) is 11.3 Å². The van der Waals surface area contributed by atoms with Crippen molar-refractivity contribution < 1.29 is 23.5 Å². The highest BCUT2D eigenvalue weighted by atomic mass is 16.5. The minimum atomic E-state index is -0.609. The van der Waals surface area contributed by atoms with Crippen LogP contribution in [0.25, 0.3) is 0 Å². The summed E-state index contributed by atoms with van der Waals surface area (Å²) in [5, 5.41) is 0. The molecule has 0 bridgehead atoms. The van der Waals surface area contributed by atoms with Crippen molar-refractivity contribution in [2.24, 2.45) is 0 Å². The molecule has 0 unspecified atom stereocenters. The van der Waals surface area contributed by atoms with Gasteiger partial charge in [-0.3, -0.25) is 0 Å². The minimum Gasteiger partial charge on any atom is -0.462 e. The topological polar surface area (TPSA) is 65.7 Å². The van der Waals surface area contributed by atoms with E-state index in [1.54, 1.807) is 0 Å². The van der Waals surface area contributed by atoms with E-state index >= 15 is 0 Å². The number of furan rings is 1. The maximum atomic E-state index is 11.6. The number of fused-ring (bicyclic) bond motifs is 1. The second-order valence-electron chi connectivity index (χ2n) is 3.85. The van der Waals surface area contributed by atoms with Gasteiger partial charge in [0.05, 0.1) is 19.5 Å². The van der Waals surface area contributed by atoms with Crippen LogP contribution in [-0.2, 0) is 9.47 Å². The van der Waals surface area contributed by atoms with Crippen LogP contribution in [0.2, 0.25) is 0 Å². The van der Waals surface area contributed by atoms with Crippen LogP contribution in [0.3, 0.4) is 0 Å². The van der Waals surface area contributed by atoms with Crippen LogP contribution in [0.5, 0.6) is 0 Å². The Labute approximate surface area is 98.7 Å². The Kier molecular flexibility index (Phi) is 3.80. The monoisotopic (exact) mass is 238 g/mol. The van der Waals surface area contributed by atoms with Crippen LogP contribution in [-0.4, -0.2) is 25.2 Å². The molecule has 17 heavy (non-hydrogen) atoms. The Morgan fingerprint density at radius 3 is 2.24 bits per heavy atom. The first kappa shape index (κ1) is 11.7. The van der Waals surface area contributed by atoms with Gasteiger partial charge in [0.15, 0.2) is 0 Å². The lowest BCUT2D eigenvalue weighted by Crippen LogP contribution is -2.14. The highest BCUT2D eigenvalue weighted by Crippen LogP contribution is 2.15. The summed E-state index contributed by atoms with van der Waals surface area (Å²) in [5.41, 5.74) is 0.135. The molecule has 0 saturated heterocycles. The molecule has 0 aromatic carbocycles. The predicted molar refractivity (Wildman–Crippen MR) is 57.7 cm³/mol. The molecule has 0 N–H and O–H groups in total. The molecule has 0 radical (unpaired) electrons. The summed E-state index contributed by atoms with van der Waals surface area (Å²) in [7, 11) is 0. The maximum absolute atomic E-state index is 11.6. The number of cyclic esters (lactones) is 2. The molecular weight excluding hydrogens is 224 g/mol. The first-order chi connectivity index (χ1) is 8.29. The van der Waals surface area contributed by atoms with Gasteiger partial charge in [-0.1, -0.05) is 0 Å². The fourth-order valence-corrected chi connectivity index (χ4v) is 1.66. The Hall–Kier alpha value is -1.78. The SMILES string of the molecule is O=C1OCCCCCCOC(=O)c2occc21. The molecule has 1 aliphatic rings. The molecule has 1 aliphatic heterocycles. The van der Waals surface area contributed by atoms with Crippen LogP contribution in [0, 0.1) is 0 Å². The number of rotatable bonds is 0. The highest BCUT2D eigenvalue weighted by Gasteiger charge is 2.23. The van der Waals surface area contributed by atoms with Gasteiger partial charge >= 0.3 is 11.9 Å². The first-order valence-corrected chi connectivity index (χ1v) is 5.71. The molecule has 0 atom stereocenters. The summed E-state index contributed by atoms with van der Waals surface area (Å²) >= 11 is 0. The molecule has 0 spiro atoms. The molecular formula is C12H14O5. The fourth-order valence-electron chi connectivity index (χ4n) is 1.66. The average molecular weight is 238 g/mol. The lowest BCUT2D eigenvalue weighted by atomic mass is 10.2. The van der Waals surface area contributed by atoms with Crippen LogP contribution in [0.4, 0.5) is 0 Å². The number of hydrogen-bond donors (Lipinski definition) is 0. The standard InChI is InChI=1S/C12H14O5/c13-11-9-5-8-15-10(9)12(14)17-7-4-2-1-3-6-16-11/h5,8H,1-4,6-7H2. The number of esters is 2. The minimum absolute atomic E-state index is 0.0735. The maximum Gasteiger partial charge on any atom is 0.375 e. The van der Waals surface area contributed by atoms with Crippen molar-refractivity contribution in [3.05, 3.63) is 23.7 Å². The lowest BCUT2D eigenvalue weighted by molar-refractivity contribution is 0.0409. The molecule has 0 fully saturated rings. The molecule has 0 amide bonds. The van der Waals surface area contributed by atoms with E-state index in [1.165, 1.54) is 12.3 Å². The molecule has 2 heterocycles. The summed E-state index contributed by atoms with van der Waals surface area (Å²) < 4.78 is 15.0. The van der Waals surface area contributed by atoms with Crippen molar-refractivity contribution in [2.45, 2.75) is 25.7 Å². The third kappa shape index (κ3) is 2.87. The number of hydrogen-bond acceptors (Lipinski definition) is 5. The van der Waals surface area contributed by atoms with Crippen LogP contribution < -0.4 is 0 Å². The Morgan fingerprint density at radius 1 is 0.882 bits per heavy atom. The number of carbonyl (C=O) groups excluding carboxylic acids is 2. The fraction of sp³-hybridized carbons (Fsp3) is 0.500. The van der Waals surface area contributed by atoms with Gasteiger partial charge in [-0.25, -0.2) is 9.59 Å². The summed E-state index contributed by atoms with van der Waals surface area (Å²) in [6.07, 6.45) is 4.84. The Morgan fingerprint density at radius 2 is 1.53 bits per heavy atom. The normalized spacial score (nSPS) is 18.4. The first-order valence-electron chi connectivity index (χ1n) is 5.71. The van der Waals surface area contributed by atoms with Crippen molar-refractivity contribution in [2.75, 3.05) is 13.2 Å². The smallest absolute Gasteiger partial charge is 0.375 e. The number of ether oxygens (including phenoxy) is 2. The van der Waals surface area contributed by atoms with E-state index in [9.17, 15) is 9.59 Å². The zero-order valence-electron chi connectivity index (χ0n) is 9.44. The van der Waals surface area contributed by atoms with Crippen LogP contribution >= 0.6 is 0 Å². The van der Waals surface area contributed by atoms with Crippen molar-refractivity contribution in [3.8, 4) is 0 Å². The summed E-state index contributed by atoms with van der Waals surface area (Å²) in [5.74, 6) is -1.22. The molecule has 2 rings (SSSR count). The van der Waals surface area contributed by atoms with Crippen LogP contribution in [0.1, 0.15) is 46.6 Å². The zero-order chi connectivity index (χ0) is 12.1. The molecule has 0 aliphatic carbocycles. The van der Waals surface area contributed by atoms with Gasteiger partial charge in [0, 0.05) is 0 Å². The Balaban J connectivity index is 2.16. The molecule has 1 aromatic rings. The second-order valence-corrected chi connectivity index (χ2v) is 3.85. The van der Waals surface area contributed by atoms with E-state index < -0.39 is 11.9 Å². The molecule has 5 nitrogen and oxygen atoms in total. The van der Waals surface area contributed by atoms with E-state index in [0.717, 1.165) is 25.7 Å². The summed E-state index contributed by atoms with van der Waals surface area (Å²) in [4.78, 5) is 23.2. The van der Waals surface area contributed by atoms with Gasteiger partial charge in [0.1, 0.15) is 5.56 Å². The van der Waals surface area contributed by atoms with E-state index in [0.29, 0.717) is 13.2 Å². The summed E-state index contributed by atoms with van der Waals surface area (Å²) in [6.45, 7) is 0.729. The predicted octanol–water partition coefficient (Wildman–Crippen LogP) is 2.17. The van der Waals surface area contributed by atoms with Crippen molar-refractivity contribution >= 4 is 11.9 Å². The third-order valence-corrected chi connectivity index (χ3v) is 2.58. The van der Waals surface area contributed by atoms with Crippen molar-refractivity contribution in [1.29, 1.82) is 0 Å². The van der Waals surface area contributed by atoms with Gasteiger partial charge in [-0.15, -0.1) is 0 Å². The van der Waals surface area contributed by atoms with Crippen molar-refractivity contribution in [3.63, 3.8) is 0 Å². The largest absolute Gasteiger partial charge is 0.462 e. The van der Waals surface area contributed by atoms with Gasteiger partial charge in [-0.2, -0.15) is 0 Å². The van der Waals surface area contributed by atoms with E-state index in [1.807, 2.05) is 0 Å². The van der Waals surface area contributed by atoms with Crippen LogP contribution in [0.15, 0.2) is 16.7 Å². The van der Waals surface area contributed by atoms with E-state index in [2.05, 4.69) is 0 Å². The van der Waals surface area contributed by atoms with Gasteiger partial charge in [0.2, 0.25) is 5.76 Å². The van der Waals surface area contributed by atoms with Gasteiger partial charge in [-0.05, 0) is 31.7 Å². The number of carbonyl (C=O) groups is 2. The average Bonchev–Trinajstić information content (AvgIpc) is 2.79. The lowest BCUT2D eigenvalue weighted by Gasteiger charge is -2.08. The third-order valence-electron chi connectivity index (χ3n) is 2.58. The van der Waals surface area contributed by atoms with E-state index in [4.69, 9.17) is 13.9 Å². The molecule has 5 heteroatoms. The van der Waals surface area contributed by atoms with Crippen molar-refractivity contribution in [1.82, 2.24) is 0 Å². The second kappa shape index (κ2) is 5.52. The quantitative estimate of drug-likeness (QED) is 0.648. The Bertz CT molecular complexity index is 370. The zero-order valence-corrected chi connectivity index (χ0v) is 9.44. The van der Waals surface area contributed by atoms with Gasteiger partial charge < -0.3 is 13.9 Å². The van der Waals surface area contributed by atoms with Gasteiger partial charge in [0.25, 0.3) is 0 Å². The molecule has 92 valence electrons. The molecule has 1 aromatic heterocycles. The summed E-state index contributed by atoms with van der Waals surface area (Å²) in [6, 6.07) is 1.42.